The predicted octanol–water partition coefficient (Wildman–Crippen LogP) is 3.69. The maximum Gasteiger partial charge on any atom is 0.416 e. The SMILES string of the molecule is CC(C)C[C@H](N)C(=O)NCCC(C)c1cccc(C(F)(F)F)c1. The second-order valence-electron chi connectivity index (χ2n) is 6.34. The molecule has 0 heterocycles. The van der Waals surface area contributed by atoms with Crippen molar-refractivity contribution in [2.45, 2.75) is 51.7 Å². The second kappa shape index (κ2) is 8.34. The van der Waals surface area contributed by atoms with Crippen LogP contribution in [-0.4, -0.2) is 18.5 Å². The van der Waals surface area contributed by atoms with Crippen LogP contribution in [0.25, 0.3) is 0 Å². The van der Waals surface area contributed by atoms with Crippen LogP contribution in [0.4, 0.5) is 13.2 Å². The normalized spacial score (nSPS) is 14.6. The first-order valence-electron chi connectivity index (χ1n) is 7.81. The van der Waals surface area contributed by atoms with Gasteiger partial charge in [0.15, 0.2) is 0 Å². The van der Waals surface area contributed by atoms with E-state index in [1.54, 1.807) is 6.07 Å². The Hall–Kier alpha value is -1.56. The molecule has 1 unspecified atom stereocenters. The Morgan fingerprint density at radius 2 is 1.91 bits per heavy atom. The van der Waals surface area contributed by atoms with Gasteiger partial charge < -0.3 is 11.1 Å². The molecular weight excluding hydrogens is 305 g/mol. The lowest BCUT2D eigenvalue weighted by atomic mass is 9.96. The van der Waals surface area contributed by atoms with Gasteiger partial charge >= 0.3 is 6.18 Å². The standard InChI is InChI=1S/C17H25F3N2O/c1-11(2)9-15(21)16(23)22-8-7-12(3)13-5-4-6-14(10-13)17(18,19)20/h4-6,10-12,15H,7-9,21H2,1-3H3,(H,22,23)/t12?,15-/m0/s1. The smallest absolute Gasteiger partial charge is 0.355 e. The van der Waals surface area contributed by atoms with Crippen molar-refractivity contribution in [1.82, 2.24) is 5.32 Å². The summed E-state index contributed by atoms with van der Waals surface area (Å²) in [5.41, 5.74) is 5.74. The zero-order valence-electron chi connectivity index (χ0n) is 13.8. The van der Waals surface area contributed by atoms with Crippen molar-refractivity contribution in [3.63, 3.8) is 0 Å². The first kappa shape index (κ1) is 19.5. The number of halogens is 3. The van der Waals surface area contributed by atoms with Gasteiger partial charge in [0.05, 0.1) is 11.6 Å². The minimum atomic E-state index is -4.34. The first-order valence-corrected chi connectivity index (χ1v) is 7.81. The van der Waals surface area contributed by atoms with Crippen molar-refractivity contribution in [1.29, 1.82) is 0 Å². The van der Waals surface area contributed by atoms with Crippen LogP contribution in [-0.2, 0) is 11.0 Å². The highest BCUT2D eigenvalue weighted by molar-refractivity contribution is 5.81. The molecule has 0 saturated heterocycles. The van der Waals surface area contributed by atoms with E-state index in [2.05, 4.69) is 5.32 Å². The van der Waals surface area contributed by atoms with Crippen molar-refractivity contribution in [3.05, 3.63) is 35.4 Å². The molecule has 0 aliphatic rings. The zero-order chi connectivity index (χ0) is 17.6. The Labute approximate surface area is 135 Å². The molecular formula is C17H25F3N2O. The molecule has 0 spiro atoms. The largest absolute Gasteiger partial charge is 0.416 e. The highest BCUT2D eigenvalue weighted by atomic mass is 19.4. The van der Waals surface area contributed by atoms with Gasteiger partial charge in [-0.2, -0.15) is 13.2 Å². The van der Waals surface area contributed by atoms with Gasteiger partial charge in [0.1, 0.15) is 0 Å². The van der Waals surface area contributed by atoms with Crippen molar-refractivity contribution in [3.8, 4) is 0 Å². The fraction of sp³-hybridized carbons (Fsp3) is 0.588. The van der Waals surface area contributed by atoms with E-state index >= 15 is 0 Å². The van der Waals surface area contributed by atoms with Crippen LogP contribution in [0.3, 0.4) is 0 Å². The number of rotatable bonds is 7. The topological polar surface area (TPSA) is 55.1 Å². The molecule has 23 heavy (non-hydrogen) atoms. The number of alkyl halides is 3. The summed E-state index contributed by atoms with van der Waals surface area (Å²) in [7, 11) is 0. The van der Waals surface area contributed by atoms with Crippen LogP contribution in [0.1, 0.15) is 50.7 Å². The molecule has 3 N–H and O–H groups in total. The van der Waals surface area contributed by atoms with Crippen molar-refractivity contribution in [2.75, 3.05) is 6.54 Å². The molecule has 0 aliphatic carbocycles. The summed E-state index contributed by atoms with van der Waals surface area (Å²) in [5, 5.41) is 2.75. The first-order chi connectivity index (χ1) is 10.6. The van der Waals surface area contributed by atoms with Crippen LogP contribution in [0.15, 0.2) is 24.3 Å². The lowest BCUT2D eigenvalue weighted by molar-refractivity contribution is -0.137. The Balaban J connectivity index is 2.51. The van der Waals surface area contributed by atoms with E-state index in [-0.39, 0.29) is 11.8 Å². The summed E-state index contributed by atoms with van der Waals surface area (Å²) in [6.07, 6.45) is -3.18. The monoisotopic (exact) mass is 330 g/mol. The van der Waals surface area contributed by atoms with Crippen LogP contribution in [0.2, 0.25) is 0 Å². The number of hydrogen-bond acceptors (Lipinski definition) is 2. The quantitative estimate of drug-likeness (QED) is 0.801. The van der Waals surface area contributed by atoms with E-state index in [1.165, 1.54) is 6.07 Å². The van der Waals surface area contributed by atoms with Gasteiger partial charge in [-0.15, -0.1) is 0 Å². The molecule has 0 bridgehead atoms. The second-order valence-corrected chi connectivity index (χ2v) is 6.34. The minimum Gasteiger partial charge on any atom is -0.355 e. The third kappa shape index (κ3) is 6.60. The van der Waals surface area contributed by atoms with Crippen LogP contribution < -0.4 is 11.1 Å². The van der Waals surface area contributed by atoms with Gasteiger partial charge in [0.25, 0.3) is 0 Å². The molecule has 0 fully saturated rings. The third-order valence-electron chi connectivity index (χ3n) is 3.72. The molecule has 130 valence electrons. The molecule has 6 heteroatoms. The van der Waals surface area contributed by atoms with Gasteiger partial charge in [-0.05, 0) is 36.3 Å². The van der Waals surface area contributed by atoms with E-state index in [0.29, 0.717) is 30.9 Å². The predicted molar refractivity (Wildman–Crippen MR) is 84.9 cm³/mol. The number of nitrogens with two attached hydrogens (primary N) is 1. The Morgan fingerprint density at radius 3 is 2.48 bits per heavy atom. The minimum absolute atomic E-state index is 0.0843. The summed E-state index contributed by atoms with van der Waals surface area (Å²) in [6.45, 7) is 6.21. The number of carbonyl (C=O) groups excluding carboxylic acids is 1. The lowest BCUT2D eigenvalue weighted by Crippen LogP contribution is -2.41. The Kier molecular flexibility index (Phi) is 7.06. The van der Waals surface area contributed by atoms with Gasteiger partial charge in [0.2, 0.25) is 5.91 Å². The van der Waals surface area contributed by atoms with Crippen LogP contribution >= 0.6 is 0 Å². The lowest BCUT2D eigenvalue weighted by Gasteiger charge is -2.17. The average Bonchev–Trinajstić information content (AvgIpc) is 2.45. The van der Waals surface area contributed by atoms with Gasteiger partial charge in [0, 0.05) is 6.54 Å². The molecule has 1 aromatic rings. The fourth-order valence-corrected chi connectivity index (χ4v) is 2.35. The van der Waals surface area contributed by atoms with E-state index in [4.69, 9.17) is 5.73 Å². The summed E-state index contributed by atoms with van der Waals surface area (Å²) in [4.78, 5) is 11.8. The van der Waals surface area contributed by atoms with Gasteiger partial charge in [-0.25, -0.2) is 0 Å². The van der Waals surface area contributed by atoms with E-state index in [9.17, 15) is 18.0 Å². The van der Waals surface area contributed by atoms with Crippen molar-refractivity contribution in [2.24, 2.45) is 11.7 Å². The molecule has 1 aromatic carbocycles. The average molecular weight is 330 g/mol. The number of benzene rings is 1. The number of amides is 1. The molecule has 1 rings (SSSR count). The van der Waals surface area contributed by atoms with Gasteiger partial charge in [-0.3, -0.25) is 4.79 Å². The van der Waals surface area contributed by atoms with Gasteiger partial charge in [-0.1, -0.05) is 39.0 Å². The van der Waals surface area contributed by atoms with Crippen LogP contribution in [0.5, 0.6) is 0 Å². The van der Waals surface area contributed by atoms with E-state index < -0.39 is 17.8 Å². The van der Waals surface area contributed by atoms with Crippen molar-refractivity contribution >= 4 is 5.91 Å². The maximum atomic E-state index is 12.7. The summed E-state index contributed by atoms with van der Waals surface area (Å²) < 4.78 is 38.1. The molecule has 0 aliphatic heterocycles. The van der Waals surface area contributed by atoms with Crippen LogP contribution in [0, 0.1) is 5.92 Å². The number of nitrogens with one attached hydrogen (secondary N) is 1. The third-order valence-corrected chi connectivity index (χ3v) is 3.72. The highest BCUT2D eigenvalue weighted by Gasteiger charge is 2.30. The van der Waals surface area contributed by atoms with E-state index in [1.807, 2.05) is 20.8 Å². The molecule has 0 radical (unpaired) electrons. The zero-order valence-corrected chi connectivity index (χ0v) is 13.8. The summed E-state index contributed by atoms with van der Waals surface area (Å²) in [6, 6.07) is 4.76. The molecule has 1 amide bonds. The molecule has 0 aromatic heterocycles. The molecule has 0 saturated carbocycles. The maximum absolute atomic E-state index is 12.7. The summed E-state index contributed by atoms with van der Waals surface area (Å²) in [5.74, 6) is 0.0358. The molecule has 2 atom stereocenters. The Bertz CT molecular complexity index is 515. The Morgan fingerprint density at radius 1 is 1.26 bits per heavy atom. The highest BCUT2D eigenvalue weighted by Crippen LogP contribution is 2.31. The van der Waals surface area contributed by atoms with Crippen molar-refractivity contribution < 1.29 is 18.0 Å². The van der Waals surface area contributed by atoms with E-state index in [0.717, 1.165) is 12.1 Å². The molecule has 3 nitrogen and oxygen atoms in total. The summed E-state index contributed by atoms with van der Waals surface area (Å²) >= 11 is 0. The number of carbonyl (C=O) groups is 1. The number of hydrogen-bond donors (Lipinski definition) is 2. The fourth-order valence-electron chi connectivity index (χ4n) is 2.35.